The highest BCUT2D eigenvalue weighted by Crippen LogP contribution is 2.64. The van der Waals surface area contributed by atoms with Gasteiger partial charge in [-0.3, -0.25) is 4.55 Å². The first-order valence-electron chi connectivity index (χ1n) is 8.23. The molecule has 0 aromatic heterocycles. The molecule has 0 aliphatic rings. The number of alkyl halides is 17. The Kier molecular flexibility index (Phi) is 10.6. The van der Waals surface area contributed by atoms with Crippen molar-refractivity contribution in [2.45, 2.75) is 54.6 Å². The minimum absolute atomic E-state index is 0.213. The molecule has 0 radical (unpaired) electrons. The Labute approximate surface area is 200 Å². The molecule has 1 atom stereocenters. The molecule has 3 N–H and O–H groups in total. The third-order valence-electron chi connectivity index (χ3n) is 4.05. The lowest BCUT2D eigenvalue weighted by atomic mass is 9.85. The molecule has 0 aliphatic heterocycles. The molecule has 0 bridgehead atoms. The molecule has 0 saturated carbocycles. The molecule has 4 nitrogen and oxygen atoms in total. The summed E-state index contributed by atoms with van der Waals surface area (Å²) in [7, 11) is -3.79. The van der Waals surface area contributed by atoms with Crippen molar-refractivity contribution in [3.63, 3.8) is 0 Å². The fourth-order valence-electron chi connectivity index (χ4n) is 1.78. The highest BCUT2D eigenvalue weighted by molar-refractivity contribution is 7.85. The van der Waals surface area contributed by atoms with Gasteiger partial charge in [0.15, 0.2) is 0 Å². The maximum Gasteiger partial charge on any atom is 0.460 e. The van der Waals surface area contributed by atoms with E-state index in [1.165, 1.54) is 0 Å². The summed E-state index contributed by atoms with van der Waals surface area (Å²) in [4.78, 5) is -1.79. The lowest BCUT2D eigenvalue weighted by molar-refractivity contribution is -0.462. The summed E-state index contributed by atoms with van der Waals surface area (Å²) in [6.45, 7) is 2.89. The largest absolute Gasteiger partial charge is 0.460 e. The number of rotatable bonds is 10. The van der Waals surface area contributed by atoms with Crippen molar-refractivity contribution in [3.8, 4) is 0 Å². The molecule has 0 rings (SSSR count). The first-order valence-corrected chi connectivity index (χ1v) is 10.2. The van der Waals surface area contributed by atoms with Crippen LogP contribution in [0.3, 0.4) is 0 Å². The van der Waals surface area contributed by atoms with E-state index in [4.69, 9.17) is 4.55 Å². The quantitative estimate of drug-likeness (QED) is 0.135. The fourth-order valence-corrected chi connectivity index (χ4v) is 2.22. The zero-order valence-electron chi connectivity index (χ0n) is 17.2. The molecule has 0 amide bonds. The van der Waals surface area contributed by atoms with Crippen LogP contribution in [0, 0.1) is 5.92 Å². The molecule has 222 valence electrons. The van der Waals surface area contributed by atoms with Crippen LogP contribution in [0.25, 0.3) is 0 Å². The molecule has 0 heterocycles. The van der Waals surface area contributed by atoms with Crippen LogP contribution in [-0.4, -0.2) is 71.3 Å². The summed E-state index contributed by atoms with van der Waals surface area (Å²) in [5.74, 6) is -60.5. The summed E-state index contributed by atoms with van der Waals surface area (Å²) in [5, 5.41) is 0. The topological polar surface area (TPSA) is 80.4 Å². The van der Waals surface area contributed by atoms with E-state index in [0.29, 0.717) is 0 Å². The van der Waals surface area contributed by atoms with Crippen LogP contribution in [0.15, 0.2) is 12.7 Å². The van der Waals surface area contributed by atoms with Crippen LogP contribution in [-0.2, 0) is 10.1 Å². The second kappa shape index (κ2) is 10.5. The maximum atomic E-state index is 13.5. The Morgan fingerprint density at radius 3 is 1.22 bits per heavy atom. The van der Waals surface area contributed by atoms with E-state index < -0.39 is 68.7 Å². The van der Waals surface area contributed by atoms with Gasteiger partial charge in [0.05, 0.1) is 16.7 Å². The Bertz CT molecular complexity index is 943. The fraction of sp³-hybridized carbons (Fsp3) is 0.786. The standard InChI is InChI=1S/C11H6F17NS.C3H6O3S/c1-2(3(29)30)4(12,13)5(14,15)6(16,17)7(18,19)8(20,21)9(22,23)10(24,25)11(26,27)28;1-2-3-7(4,5)6/h2H,1H3,(H2,29,30);2H,1,3H2,(H,4,5,6). The average Bonchev–Trinajstić information content (AvgIpc) is 2.64. The summed E-state index contributed by atoms with van der Waals surface area (Å²) < 4.78 is 248. The molecule has 0 spiro atoms. The van der Waals surface area contributed by atoms with Gasteiger partial charge in [-0.2, -0.15) is 83.1 Å². The molecule has 0 fully saturated rings. The zero-order chi connectivity index (χ0) is 31.1. The van der Waals surface area contributed by atoms with E-state index >= 15 is 0 Å². The molecular formula is C14H12F17NO3S2. The number of halogens is 17. The molecule has 1 unspecified atom stereocenters. The van der Waals surface area contributed by atoms with Crippen molar-refractivity contribution >= 4 is 27.3 Å². The summed E-state index contributed by atoms with van der Waals surface area (Å²) in [6, 6.07) is 0. The summed E-state index contributed by atoms with van der Waals surface area (Å²) in [6.07, 6.45) is -6.66. The van der Waals surface area contributed by atoms with Gasteiger partial charge in [0, 0.05) is 0 Å². The lowest BCUT2D eigenvalue weighted by Gasteiger charge is -2.43. The van der Waals surface area contributed by atoms with Crippen LogP contribution in [0.1, 0.15) is 6.92 Å². The number of hydrogen-bond donors (Lipinski definition) is 2. The van der Waals surface area contributed by atoms with Gasteiger partial charge in [-0.05, 0) is 0 Å². The number of hydrogen-bond acceptors (Lipinski definition) is 3. The van der Waals surface area contributed by atoms with Crippen molar-refractivity contribution in [2.75, 3.05) is 5.75 Å². The highest BCUT2D eigenvalue weighted by Gasteiger charge is 2.95. The van der Waals surface area contributed by atoms with Crippen molar-refractivity contribution in [3.05, 3.63) is 12.7 Å². The Morgan fingerprint density at radius 2 is 1.03 bits per heavy atom. The van der Waals surface area contributed by atoms with Gasteiger partial charge in [0.2, 0.25) is 0 Å². The van der Waals surface area contributed by atoms with Gasteiger partial charge >= 0.3 is 47.6 Å². The second-order valence-corrected chi connectivity index (χ2v) is 8.70. The average molecular weight is 629 g/mol. The zero-order valence-corrected chi connectivity index (χ0v) is 18.8. The SMILES string of the molecule is C=CCS(=O)(=O)O.CC(C(N)=S)C(F)(F)C(F)(F)C(F)(F)C(F)(F)C(F)(F)C(F)(F)C(F)(F)C(F)(F)F. The van der Waals surface area contributed by atoms with Gasteiger partial charge in [-0.15, -0.1) is 6.58 Å². The number of nitrogens with two attached hydrogens (primary N) is 1. The van der Waals surface area contributed by atoms with E-state index in [-0.39, 0.29) is 12.7 Å². The summed E-state index contributed by atoms with van der Waals surface area (Å²) in [5.41, 5.74) is 4.42. The molecule has 0 aromatic carbocycles. The smallest absolute Gasteiger partial charge is 0.393 e. The van der Waals surface area contributed by atoms with E-state index in [0.717, 1.165) is 6.08 Å². The molecule has 37 heavy (non-hydrogen) atoms. The minimum atomic E-state index is -8.64. The van der Waals surface area contributed by atoms with Gasteiger partial charge in [-0.25, -0.2) is 0 Å². The molecule has 23 heteroatoms. The normalized spacial score (nSPS) is 16.0. The van der Waals surface area contributed by atoms with Crippen LogP contribution >= 0.6 is 12.2 Å². The van der Waals surface area contributed by atoms with Crippen molar-refractivity contribution in [1.82, 2.24) is 0 Å². The first-order chi connectivity index (χ1) is 15.7. The molecular weight excluding hydrogens is 617 g/mol. The third kappa shape index (κ3) is 6.33. The van der Waals surface area contributed by atoms with E-state index in [1.54, 1.807) is 0 Å². The minimum Gasteiger partial charge on any atom is -0.393 e. The van der Waals surface area contributed by atoms with Crippen LogP contribution < -0.4 is 5.73 Å². The monoisotopic (exact) mass is 629 g/mol. The third-order valence-corrected chi connectivity index (χ3v) is 5.06. The lowest BCUT2D eigenvalue weighted by Crippen LogP contribution is -2.75. The van der Waals surface area contributed by atoms with Crippen LogP contribution in [0.5, 0.6) is 0 Å². The van der Waals surface area contributed by atoms with Gasteiger partial charge in [-0.1, -0.05) is 25.2 Å². The van der Waals surface area contributed by atoms with E-state index in [9.17, 15) is 83.1 Å². The first kappa shape index (κ1) is 37.5. The Morgan fingerprint density at radius 1 is 0.757 bits per heavy atom. The van der Waals surface area contributed by atoms with Crippen LogP contribution in [0.2, 0.25) is 0 Å². The maximum absolute atomic E-state index is 13.5. The van der Waals surface area contributed by atoms with Gasteiger partial charge < -0.3 is 5.73 Å². The molecule has 0 saturated heterocycles. The molecule has 0 aromatic rings. The Hall–Kier alpha value is -1.65. The summed E-state index contributed by atoms with van der Waals surface area (Å²) >= 11 is 3.71. The van der Waals surface area contributed by atoms with Gasteiger partial charge in [0.1, 0.15) is 0 Å². The van der Waals surface area contributed by atoms with E-state index in [1.807, 2.05) is 0 Å². The van der Waals surface area contributed by atoms with Crippen molar-refractivity contribution in [1.29, 1.82) is 0 Å². The van der Waals surface area contributed by atoms with E-state index in [2.05, 4.69) is 24.5 Å². The molecule has 0 aliphatic carbocycles. The van der Waals surface area contributed by atoms with Crippen molar-refractivity contribution in [2.24, 2.45) is 11.7 Å². The predicted octanol–water partition coefficient (Wildman–Crippen LogP) is 5.98. The second-order valence-electron chi connectivity index (χ2n) is 6.73. The Balaban J connectivity index is 0. The van der Waals surface area contributed by atoms with Crippen LogP contribution in [0.4, 0.5) is 74.6 Å². The van der Waals surface area contributed by atoms with Gasteiger partial charge in [0.25, 0.3) is 10.1 Å². The number of thiocarbonyl (C=S) groups is 1. The highest BCUT2D eigenvalue weighted by atomic mass is 32.2. The predicted molar refractivity (Wildman–Crippen MR) is 93.2 cm³/mol. The van der Waals surface area contributed by atoms with Crippen molar-refractivity contribution < 1.29 is 87.6 Å².